The maximum atomic E-state index is 11.3. The lowest BCUT2D eigenvalue weighted by Gasteiger charge is -2.15. The molecule has 76 valence electrons. The fourth-order valence-electron chi connectivity index (χ4n) is 1.17. The Bertz CT molecular complexity index is 295. The maximum absolute atomic E-state index is 11.3. The molecule has 0 saturated carbocycles. The number of nitrogens with one attached hydrogen (secondary N) is 1. The summed E-state index contributed by atoms with van der Waals surface area (Å²) < 4.78 is 0. The molecular formula is C11H16N2O. The SMILES string of the molecule is C[C@H](N)C(=O)N[C@@H](C)c1ccccc1. The van der Waals surface area contributed by atoms with Gasteiger partial charge in [-0.1, -0.05) is 30.3 Å². The Labute approximate surface area is 84.3 Å². The Hall–Kier alpha value is -1.35. The molecule has 3 nitrogen and oxygen atoms in total. The van der Waals surface area contributed by atoms with Crippen LogP contribution in [0.5, 0.6) is 0 Å². The lowest BCUT2D eigenvalue weighted by atomic mass is 10.1. The molecule has 3 heteroatoms. The lowest BCUT2D eigenvalue weighted by molar-refractivity contribution is -0.122. The summed E-state index contributed by atoms with van der Waals surface area (Å²) in [4.78, 5) is 11.3. The molecule has 1 aromatic carbocycles. The second-order valence-corrected chi connectivity index (χ2v) is 3.43. The monoisotopic (exact) mass is 192 g/mol. The highest BCUT2D eigenvalue weighted by Crippen LogP contribution is 2.10. The van der Waals surface area contributed by atoms with Gasteiger partial charge >= 0.3 is 0 Å². The normalized spacial score (nSPS) is 14.5. The summed E-state index contributed by atoms with van der Waals surface area (Å²) in [5.74, 6) is -0.124. The van der Waals surface area contributed by atoms with Crippen molar-refractivity contribution >= 4 is 5.91 Å². The molecule has 0 heterocycles. The Morgan fingerprint density at radius 1 is 1.29 bits per heavy atom. The highest BCUT2D eigenvalue weighted by Gasteiger charge is 2.11. The van der Waals surface area contributed by atoms with Crippen molar-refractivity contribution in [1.29, 1.82) is 0 Å². The first-order chi connectivity index (χ1) is 6.61. The smallest absolute Gasteiger partial charge is 0.237 e. The van der Waals surface area contributed by atoms with Gasteiger partial charge in [0.05, 0.1) is 12.1 Å². The van der Waals surface area contributed by atoms with E-state index in [0.29, 0.717) is 0 Å². The number of carbonyl (C=O) groups is 1. The predicted octanol–water partition coefficient (Wildman–Crippen LogP) is 1.21. The van der Waals surface area contributed by atoms with E-state index < -0.39 is 6.04 Å². The highest BCUT2D eigenvalue weighted by molar-refractivity contribution is 5.81. The van der Waals surface area contributed by atoms with E-state index in [2.05, 4.69) is 5.32 Å². The summed E-state index contributed by atoms with van der Waals surface area (Å²) >= 11 is 0. The van der Waals surface area contributed by atoms with Gasteiger partial charge < -0.3 is 11.1 Å². The van der Waals surface area contributed by atoms with Gasteiger partial charge in [-0.2, -0.15) is 0 Å². The van der Waals surface area contributed by atoms with Gasteiger partial charge in [-0.25, -0.2) is 0 Å². The van der Waals surface area contributed by atoms with Gasteiger partial charge in [-0.3, -0.25) is 4.79 Å². The fourth-order valence-corrected chi connectivity index (χ4v) is 1.17. The predicted molar refractivity (Wildman–Crippen MR) is 56.6 cm³/mol. The van der Waals surface area contributed by atoms with E-state index in [1.54, 1.807) is 6.92 Å². The zero-order chi connectivity index (χ0) is 10.6. The minimum Gasteiger partial charge on any atom is -0.348 e. The van der Waals surface area contributed by atoms with Crippen LogP contribution in [-0.2, 0) is 4.79 Å². The standard InChI is InChI=1S/C11H16N2O/c1-8(12)11(14)13-9(2)10-6-4-3-5-7-10/h3-9H,12H2,1-2H3,(H,13,14)/t8-,9-/m0/s1. The van der Waals surface area contributed by atoms with Crippen molar-refractivity contribution in [2.45, 2.75) is 25.9 Å². The van der Waals surface area contributed by atoms with E-state index in [-0.39, 0.29) is 11.9 Å². The summed E-state index contributed by atoms with van der Waals surface area (Å²) in [5.41, 5.74) is 6.53. The number of nitrogens with two attached hydrogens (primary N) is 1. The van der Waals surface area contributed by atoms with Gasteiger partial charge in [0.2, 0.25) is 5.91 Å². The lowest BCUT2D eigenvalue weighted by Crippen LogP contribution is -2.39. The van der Waals surface area contributed by atoms with Gasteiger partial charge in [-0.05, 0) is 19.4 Å². The fraction of sp³-hybridized carbons (Fsp3) is 0.364. The van der Waals surface area contributed by atoms with E-state index in [9.17, 15) is 4.79 Å². The van der Waals surface area contributed by atoms with Crippen LogP contribution in [0, 0.1) is 0 Å². The molecule has 0 aliphatic rings. The second-order valence-electron chi connectivity index (χ2n) is 3.43. The Kier molecular flexibility index (Phi) is 3.65. The van der Waals surface area contributed by atoms with Gasteiger partial charge in [0.25, 0.3) is 0 Å². The van der Waals surface area contributed by atoms with Crippen molar-refractivity contribution in [2.75, 3.05) is 0 Å². The maximum Gasteiger partial charge on any atom is 0.237 e. The van der Waals surface area contributed by atoms with Crippen molar-refractivity contribution in [3.05, 3.63) is 35.9 Å². The number of hydrogen-bond donors (Lipinski definition) is 2. The Morgan fingerprint density at radius 2 is 1.86 bits per heavy atom. The number of hydrogen-bond acceptors (Lipinski definition) is 2. The van der Waals surface area contributed by atoms with Crippen LogP contribution in [-0.4, -0.2) is 11.9 Å². The van der Waals surface area contributed by atoms with Crippen LogP contribution in [0.1, 0.15) is 25.5 Å². The zero-order valence-electron chi connectivity index (χ0n) is 8.53. The largest absolute Gasteiger partial charge is 0.348 e. The molecular weight excluding hydrogens is 176 g/mol. The van der Waals surface area contributed by atoms with Gasteiger partial charge in [-0.15, -0.1) is 0 Å². The van der Waals surface area contributed by atoms with E-state index in [4.69, 9.17) is 5.73 Å². The van der Waals surface area contributed by atoms with E-state index in [1.807, 2.05) is 37.3 Å². The van der Waals surface area contributed by atoms with Gasteiger partial charge in [0.15, 0.2) is 0 Å². The van der Waals surface area contributed by atoms with E-state index in [1.165, 1.54) is 0 Å². The molecule has 1 aromatic rings. The van der Waals surface area contributed by atoms with Crippen LogP contribution < -0.4 is 11.1 Å². The molecule has 1 amide bonds. The topological polar surface area (TPSA) is 55.1 Å². The number of carbonyl (C=O) groups excluding carboxylic acids is 1. The summed E-state index contributed by atoms with van der Waals surface area (Å²) in [6.07, 6.45) is 0. The molecule has 0 saturated heterocycles. The number of benzene rings is 1. The second kappa shape index (κ2) is 4.77. The van der Waals surface area contributed by atoms with Crippen LogP contribution in [0.25, 0.3) is 0 Å². The minimum atomic E-state index is -0.457. The van der Waals surface area contributed by atoms with Crippen molar-refractivity contribution in [3.8, 4) is 0 Å². The van der Waals surface area contributed by atoms with Crippen LogP contribution >= 0.6 is 0 Å². The minimum absolute atomic E-state index is 0.00898. The molecule has 0 aromatic heterocycles. The first-order valence-corrected chi connectivity index (χ1v) is 4.72. The number of rotatable bonds is 3. The quantitative estimate of drug-likeness (QED) is 0.756. The molecule has 0 aliphatic heterocycles. The third-order valence-corrected chi connectivity index (χ3v) is 2.07. The molecule has 0 bridgehead atoms. The molecule has 3 N–H and O–H groups in total. The third kappa shape index (κ3) is 2.85. The Morgan fingerprint density at radius 3 is 2.36 bits per heavy atom. The van der Waals surface area contributed by atoms with Gasteiger partial charge in [0.1, 0.15) is 0 Å². The summed E-state index contributed by atoms with van der Waals surface area (Å²) in [6.45, 7) is 3.61. The van der Waals surface area contributed by atoms with Crippen molar-refractivity contribution < 1.29 is 4.79 Å². The molecule has 1 rings (SSSR count). The van der Waals surface area contributed by atoms with Crippen LogP contribution in [0.15, 0.2) is 30.3 Å². The van der Waals surface area contributed by atoms with Crippen molar-refractivity contribution in [2.24, 2.45) is 5.73 Å². The van der Waals surface area contributed by atoms with Gasteiger partial charge in [0, 0.05) is 0 Å². The van der Waals surface area contributed by atoms with E-state index in [0.717, 1.165) is 5.56 Å². The molecule has 2 atom stereocenters. The van der Waals surface area contributed by atoms with Crippen molar-refractivity contribution in [3.63, 3.8) is 0 Å². The summed E-state index contributed by atoms with van der Waals surface area (Å²) in [7, 11) is 0. The molecule has 0 radical (unpaired) electrons. The average molecular weight is 192 g/mol. The molecule has 0 unspecified atom stereocenters. The van der Waals surface area contributed by atoms with Crippen LogP contribution in [0.4, 0.5) is 0 Å². The van der Waals surface area contributed by atoms with Crippen LogP contribution in [0.2, 0.25) is 0 Å². The molecule has 0 fully saturated rings. The third-order valence-electron chi connectivity index (χ3n) is 2.07. The summed E-state index contributed by atoms with van der Waals surface area (Å²) in [6, 6.07) is 9.35. The summed E-state index contributed by atoms with van der Waals surface area (Å²) in [5, 5.41) is 2.83. The average Bonchev–Trinajstić information content (AvgIpc) is 2.19. The Balaban J connectivity index is 2.59. The van der Waals surface area contributed by atoms with Crippen LogP contribution in [0.3, 0.4) is 0 Å². The molecule has 14 heavy (non-hydrogen) atoms. The molecule has 0 aliphatic carbocycles. The highest BCUT2D eigenvalue weighted by atomic mass is 16.2. The first kappa shape index (κ1) is 10.7. The zero-order valence-corrected chi connectivity index (χ0v) is 8.53. The number of amides is 1. The van der Waals surface area contributed by atoms with E-state index >= 15 is 0 Å². The first-order valence-electron chi connectivity index (χ1n) is 4.72. The van der Waals surface area contributed by atoms with Crippen molar-refractivity contribution in [1.82, 2.24) is 5.32 Å². The molecule has 0 spiro atoms.